The van der Waals surface area contributed by atoms with Crippen LogP contribution in [0, 0.1) is 11.8 Å². The largest absolute Gasteiger partial charge is 0.481 e. The molecule has 1 saturated carbocycles. The minimum atomic E-state index is -1.32. The maximum atomic E-state index is 10.8. The lowest BCUT2D eigenvalue weighted by Gasteiger charge is -2.30. The summed E-state index contributed by atoms with van der Waals surface area (Å²) in [6.07, 6.45) is 1.81. The second-order valence-electron chi connectivity index (χ2n) is 4.25. The molecule has 0 amide bonds. The molecule has 0 spiro atoms. The number of rotatable bonds is 4. The molecule has 0 radical (unpaired) electrons. The molecule has 5 nitrogen and oxygen atoms in total. The molecule has 0 aromatic heterocycles. The molecule has 1 rings (SSSR count). The van der Waals surface area contributed by atoms with Crippen molar-refractivity contribution in [1.29, 1.82) is 0 Å². The maximum Gasteiger partial charge on any atom is 0.451 e. The molecule has 1 aliphatic rings. The van der Waals surface area contributed by atoms with Crippen molar-refractivity contribution < 1.29 is 25.1 Å². The van der Waals surface area contributed by atoms with Crippen LogP contribution in [0.25, 0.3) is 0 Å². The zero-order chi connectivity index (χ0) is 11.4. The molecular formula is C9H17BO5. The van der Waals surface area contributed by atoms with Crippen LogP contribution < -0.4 is 0 Å². The third-order valence-electron chi connectivity index (χ3n) is 3.07. The van der Waals surface area contributed by atoms with Gasteiger partial charge in [0.05, 0.1) is 12.0 Å². The van der Waals surface area contributed by atoms with E-state index < -0.39 is 25.1 Å². The minimum absolute atomic E-state index is 0.177. The predicted molar refractivity (Wildman–Crippen MR) is 54.1 cm³/mol. The Labute approximate surface area is 88.9 Å². The van der Waals surface area contributed by atoms with E-state index in [4.69, 9.17) is 15.2 Å². The number of aliphatic hydroxyl groups excluding tert-OH is 1. The first kappa shape index (κ1) is 12.5. The van der Waals surface area contributed by atoms with Crippen LogP contribution in [-0.2, 0) is 4.79 Å². The van der Waals surface area contributed by atoms with Crippen molar-refractivity contribution in [3.8, 4) is 0 Å². The Balaban J connectivity index is 2.40. The molecular weight excluding hydrogens is 199 g/mol. The molecule has 0 heterocycles. The second-order valence-corrected chi connectivity index (χ2v) is 4.25. The van der Waals surface area contributed by atoms with Gasteiger partial charge in [0.15, 0.2) is 0 Å². The number of aliphatic carboxylic acids is 1. The number of carbonyl (C=O) groups is 1. The number of carboxylic acids is 1. The Morgan fingerprint density at radius 1 is 1.33 bits per heavy atom. The molecule has 0 unspecified atom stereocenters. The second kappa shape index (κ2) is 5.49. The van der Waals surface area contributed by atoms with Crippen molar-refractivity contribution in [2.45, 2.75) is 38.1 Å². The quantitative estimate of drug-likeness (QED) is 0.484. The summed E-state index contributed by atoms with van der Waals surface area (Å²) in [4.78, 5) is 10.8. The SMILES string of the molecule is O=C(O)[C@H]1C[C@H](CCB(O)O)CC[C@H]1O. The molecule has 0 aromatic carbocycles. The number of aliphatic hydroxyl groups is 1. The molecule has 0 aromatic rings. The van der Waals surface area contributed by atoms with E-state index in [2.05, 4.69) is 0 Å². The first-order chi connectivity index (χ1) is 7.00. The number of hydrogen-bond acceptors (Lipinski definition) is 4. The number of carboxylic acid groups (broad SMARTS) is 1. The Bertz CT molecular complexity index is 221. The van der Waals surface area contributed by atoms with E-state index in [1.54, 1.807) is 0 Å². The van der Waals surface area contributed by atoms with Gasteiger partial charge >= 0.3 is 13.1 Å². The average Bonchev–Trinajstić information content (AvgIpc) is 2.16. The van der Waals surface area contributed by atoms with E-state index in [1.807, 2.05) is 0 Å². The molecule has 4 N–H and O–H groups in total. The van der Waals surface area contributed by atoms with E-state index in [0.717, 1.165) is 6.42 Å². The van der Waals surface area contributed by atoms with E-state index in [9.17, 15) is 9.90 Å². The molecule has 3 atom stereocenters. The molecule has 6 heteroatoms. The van der Waals surface area contributed by atoms with Crippen LogP contribution in [-0.4, -0.2) is 39.5 Å². The summed E-state index contributed by atoms with van der Waals surface area (Å²) in [6, 6.07) is 0. The van der Waals surface area contributed by atoms with Gasteiger partial charge in [-0.05, 0) is 31.5 Å². The first-order valence-corrected chi connectivity index (χ1v) is 5.27. The lowest BCUT2D eigenvalue weighted by atomic mass is 9.73. The van der Waals surface area contributed by atoms with E-state index >= 15 is 0 Å². The molecule has 0 aliphatic heterocycles. The third kappa shape index (κ3) is 3.81. The Kier molecular flexibility index (Phi) is 4.57. The van der Waals surface area contributed by atoms with Gasteiger partial charge in [-0.3, -0.25) is 4.79 Å². The summed E-state index contributed by atoms with van der Waals surface area (Å²) >= 11 is 0. The van der Waals surface area contributed by atoms with E-state index in [1.165, 1.54) is 0 Å². The standard InChI is InChI=1S/C9H17BO5/c11-8-2-1-6(3-4-10(14)15)5-7(8)9(12)13/h6-8,11,14-15H,1-5H2,(H,12,13)/t6-,7-,8+/m0/s1. The number of hydrogen-bond donors (Lipinski definition) is 4. The van der Waals surface area contributed by atoms with E-state index in [0.29, 0.717) is 19.3 Å². The summed E-state index contributed by atoms with van der Waals surface area (Å²) in [5.41, 5.74) is 0. The van der Waals surface area contributed by atoms with Gasteiger partial charge in [-0.25, -0.2) is 0 Å². The fraction of sp³-hybridized carbons (Fsp3) is 0.889. The highest BCUT2D eigenvalue weighted by Gasteiger charge is 2.34. The lowest BCUT2D eigenvalue weighted by Crippen LogP contribution is -2.35. The van der Waals surface area contributed by atoms with Crippen molar-refractivity contribution in [2.24, 2.45) is 11.8 Å². The summed E-state index contributed by atoms with van der Waals surface area (Å²) in [5, 5.41) is 35.7. The third-order valence-corrected chi connectivity index (χ3v) is 3.07. The summed E-state index contributed by atoms with van der Waals surface area (Å²) in [5.74, 6) is -1.48. The van der Waals surface area contributed by atoms with Gasteiger partial charge in [0.25, 0.3) is 0 Å². The van der Waals surface area contributed by atoms with Gasteiger partial charge in [-0.1, -0.05) is 6.42 Å². The molecule has 1 fully saturated rings. The van der Waals surface area contributed by atoms with E-state index in [-0.39, 0.29) is 12.2 Å². The predicted octanol–water partition coefficient (Wildman–Crippen LogP) is -0.289. The van der Waals surface area contributed by atoms with Crippen LogP contribution in [0.3, 0.4) is 0 Å². The van der Waals surface area contributed by atoms with Gasteiger partial charge in [0, 0.05) is 0 Å². The van der Waals surface area contributed by atoms with Crippen molar-refractivity contribution in [3.05, 3.63) is 0 Å². The zero-order valence-corrected chi connectivity index (χ0v) is 8.54. The Hall–Kier alpha value is -0.585. The Morgan fingerprint density at radius 2 is 2.00 bits per heavy atom. The highest BCUT2D eigenvalue weighted by Crippen LogP contribution is 2.32. The normalized spacial score (nSPS) is 31.3. The fourth-order valence-electron chi connectivity index (χ4n) is 2.15. The smallest absolute Gasteiger partial charge is 0.451 e. The van der Waals surface area contributed by atoms with Crippen LogP contribution in [0.4, 0.5) is 0 Å². The summed E-state index contributed by atoms with van der Waals surface area (Å²) in [7, 11) is -1.32. The summed E-state index contributed by atoms with van der Waals surface area (Å²) < 4.78 is 0. The van der Waals surface area contributed by atoms with Crippen LogP contribution in [0.1, 0.15) is 25.7 Å². The van der Waals surface area contributed by atoms with Crippen molar-refractivity contribution in [2.75, 3.05) is 0 Å². The van der Waals surface area contributed by atoms with Crippen LogP contribution in [0.15, 0.2) is 0 Å². The summed E-state index contributed by atoms with van der Waals surface area (Å²) in [6.45, 7) is 0. The fourth-order valence-corrected chi connectivity index (χ4v) is 2.15. The van der Waals surface area contributed by atoms with Crippen LogP contribution >= 0.6 is 0 Å². The minimum Gasteiger partial charge on any atom is -0.481 e. The average molecular weight is 216 g/mol. The van der Waals surface area contributed by atoms with Gasteiger partial charge < -0.3 is 20.3 Å². The zero-order valence-electron chi connectivity index (χ0n) is 8.54. The maximum absolute atomic E-state index is 10.8. The highest BCUT2D eigenvalue weighted by molar-refractivity contribution is 6.40. The van der Waals surface area contributed by atoms with Crippen LogP contribution in [0.5, 0.6) is 0 Å². The van der Waals surface area contributed by atoms with Gasteiger partial charge in [0.1, 0.15) is 0 Å². The molecule has 15 heavy (non-hydrogen) atoms. The lowest BCUT2D eigenvalue weighted by molar-refractivity contribution is -0.148. The molecule has 0 bridgehead atoms. The van der Waals surface area contributed by atoms with Crippen molar-refractivity contribution in [3.63, 3.8) is 0 Å². The highest BCUT2D eigenvalue weighted by atomic mass is 16.4. The van der Waals surface area contributed by atoms with Gasteiger partial charge in [-0.15, -0.1) is 0 Å². The molecule has 1 aliphatic carbocycles. The first-order valence-electron chi connectivity index (χ1n) is 5.27. The monoisotopic (exact) mass is 216 g/mol. The topological polar surface area (TPSA) is 98.0 Å². The van der Waals surface area contributed by atoms with Gasteiger partial charge in [-0.2, -0.15) is 0 Å². The molecule has 86 valence electrons. The van der Waals surface area contributed by atoms with Crippen molar-refractivity contribution >= 4 is 13.1 Å². The Morgan fingerprint density at radius 3 is 2.53 bits per heavy atom. The molecule has 0 saturated heterocycles. The van der Waals surface area contributed by atoms with Crippen LogP contribution in [0.2, 0.25) is 6.32 Å². The van der Waals surface area contributed by atoms with Crippen molar-refractivity contribution in [1.82, 2.24) is 0 Å². The van der Waals surface area contributed by atoms with Gasteiger partial charge in [0.2, 0.25) is 0 Å².